The average molecular weight is 346 g/mol. The van der Waals surface area contributed by atoms with Gasteiger partial charge in [-0.3, -0.25) is 4.79 Å². The maximum absolute atomic E-state index is 12.8. The molecular formula is C18H16ClNO4. The first kappa shape index (κ1) is 15.1. The van der Waals surface area contributed by atoms with Gasteiger partial charge in [0.2, 0.25) is 0 Å². The van der Waals surface area contributed by atoms with E-state index in [0.29, 0.717) is 42.0 Å². The van der Waals surface area contributed by atoms with Gasteiger partial charge in [-0.15, -0.1) is 0 Å². The molecule has 24 heavy (non-hydrogen) atoms. The summed E-state index contributed by atoms with van der Waals surface area (Å²) in [7, 11) is 0. The lowest BCUT2D eigenvalue weighted by Crippen LogP contribution is -2.38. The second-order valence-electron chi connectivity index (χ2n) is 5.76. The summed E-state index contributed by atoms with van der Waals surface area (Å²) in [6, 6.07) is 10.9. The van der Waals surface area contributed by atoms with Gasteiger partial charge in [-0.25, -0.2) is 0 Å². The number of halogens is 1. The van der Waals surface area contributed by atoms with Crippen molar-refractivity contribution in [1.82, 2.24) is 0 Å². The minimum Gasteiger partial charge on any atom is -0.486 e. The molecule has 0 spiro atoms. The molecule has 4 rings (SSSR count). The number of nitrogens with zero attached hydrogens (tertiary/aromatic N) is 1. The van der Waals surface area contributed by atoms with Crippen LogP contribution in [-0.4, -0.2) is 25.2 Å². The zero-order chi connectivity index (χ0) is 16.7. The van der Waals surface area contributed by atoms with Crippen LogP contribution >= 0.6 is 11.6 Å². The third-order valence-electron chi connectivity index (χ3n) is 4.11. The maximum atomic E-state index is 12.8. The molecule has 2 heterocycles. The van der Waals surface area contributed by atoms with Crippen molar-refractivity contribution in [3.05, 3.63) is 47.0 Å². The molecular weight excluding hydrogens is 330 g/mol. The van der Waals surface area contributed by atoms with E-state index in [4.69, 9.17) is 25.8 Å². The van der Waals surface area contributed by atoms with Crippen LogP contribution in [0.25, 0.3) is 0 Å². The molecule has 5 nitrogen and oxygen atoms in total. The Morgan fingerprint density at radius 1 is 1.04 bits per heavy atom. The molecule has 0 unspecified atom stereocenters. The first-order valence-electron chi connectivity index (χ1n) is 7.78. The molecule has 0 N–H and O–H groups in total. The molecule has 2 aromatic carbocycles. The molecule has 0 saturated heterocycles. The lowest BCUT2D eigenvalue weighted by atomic mass is 10.1. The largest absolute Gasteiger partial charge is 0.486 e. The Kier molecular flexibility index (Phi) is 3.73. The minimum atomic E-state index is -0.583. The van der Waals surface area contributed by atoms with Crippen molar-refractivity contribution in [3.8, 4) is 17.2 Å². The van der Waals surface area contributed by atoms with E-state index in [9.17, 15) is 4.79 Å². The smallest absolute Gasteiger partial charge is 0.268 e. The molecule has 2 aliphatic rings. The Bertz CT molecular complexity index is 808. The summed E-state index contributed by atoms with van der Waals surface area (Å²) in [5, 5.41) is 0.612. The van der Waals surface area contributed by atoms with Crippen LogP contribution < -0.4 is 19.1 Å². The number of hydrogen-bond donors (Lipinski definition) is 0. The highest BCUT2D eigenvalue weighted by Gasteiger charge is 2.29. The fourth-order valence-corrected chi connectivity index (χ4v) is 3.11. The number of rotatable bonds is 1. The van der Waals surface area contributed by atoms with Crippen LogP contribution in [0.15, 0.2) is 36.4 Å². The molecule has 1 atom stereocenters. The van der Waals surface area contributed by atoms with E-state index in [2.05, 4.69) is 0 Å². The molecule has 0 fully saturated rings. The van der Waals surface area contributed by atoms with Gasteiger partial charge in [0, 0.05) is 22.3 Å². The first-order valence-corrected chi connectivity index (χ1v) is 8.16. The Labute approximate surface area is 144 Å². The Hall–Kier alpha value is -2.40. The van der Waals surface area contributed by atoms with Crippen LogP contribution in [0, 0.1) is 0 Å². The molecule has 0 aliphatic carbocycles. The second-order valence-corrected chi connectivity index (χ2v) is 6.20. The van der Waals surface area contributed by atoms with Crippen molar-refractivity contribution in [1.29, 1.82) is 0 Å². The number of hydrogen-bond acceptors (Lipinski definition) is 4. The van der Waals surface area contributed by atoms with Gasteiger partial charge in [-0.05, 0) is 37.3 Å². The molecule has 6 heteroatoms. The van der Waals surface area contributed by atoms with E-state index in [-0.39, 0.29) is 5.91 Å². The Balaban J connectivity index is 1.74. The lowest BCUT2D eigenvalue weighted by Gasteiger charge is -2.25. The zero-order valence-corrected chi connectivity index (χ0v) is 13.9. The van der Waals surface area contributed by atoms with Gasteiger partial charge in [0.25, 0.3) is 5.91 Å². The lowest BCUT2D eigenvalue weighted by molar-refractivity contribution is -0.124. The average Bonchev–Trinajstić information content (AvgIpc) is 2.72. The monoisotopic (exact) mass is 345 g/mol. The van der Waals surface area contributed by atoms with E-state index in [1.165, 1.54) is 0 Å². The number of carbonyl (C=O) groups is 1. The van der Waals surface area contributed by atoms with Crippen LogP contribution in [0.4, 0.5) is 5.69 Å². The molecule has 0 saturated carbocycles. The second kappa shape index (κ2) is 5.91. The highest BCUT2D eigenvalue weighted by atomic mass is 35.5. The van der Waals surface area contributed by atoms with Gasteiger partial charge in [-0.2, -0.15) is 0 Å². The number of ether oxygens (including phenoxy) is 3. The predicted molar refractivity (Wildman–Crippen MR) is 90.2 cm³/mol. The molecule has 2 aromatic rings. The van der Waals surface area contributed by atoms with Crippen molar-refractivity contribution in [2.75, 3.05) is 18.1 Å². The number of amides is 1. The van der Waals surface area contributed by atoms with Crippen molar-refractivity contribution >= 4 is 23.2 Å². The molecule has 0 aromatic heterocycles. The third-order valence-corrected chi connectivity index (χ3v) is 4.34. The summed E-state index contributed by atoms with van der Waals surface area (Å²) in [6.07, 6.45) is -0.583. The van der Waals surface area contributed by atoms with Crippen molar-refractivity contribution in [2.24, 2.45) is 0 Å². The van der Waals surface area contributed by atoms with Gasteiger partial charge >= 0.3 is 0 Å². The van der Waals surface area contributed by atoms with Gasteiger partial charge < -0.3 is 19.1 Å². The number of benzene rings is 2. The van der Waals surface area contributed by atoms with Gasteiger partial charge in [0.05, 0.1) is 6.54 Å². The molecule has 0 bridgehead atoms. The first-order chi connectivity index (χ1) is 11.6. The van der Waals surface area contributed by atoms with Crippen LogP contribution in [-0.2, 0) is 11.3 Å². The van der Waals surface area contributed by atoms with Gasteiger partial charge in [0.1, 0.15) is 19.0 Å². The third kappa shape index (κ3) is 2.65. The standard InChI is InChI=1S/C18H16ClNO4/c1-11-18(21)20(10-12-8-13(19)2-4-15(12)24-11)14-3-5-16-17(9-14)23-7-6-22-16/h2-5,8-9,11H,6-7,10H2,1H3/t11-/m1/s1. The summed E-state index contributed by atoms with van der Waals surface area (Å²) in [4.78, 5) is 14.4. The fourth-order valence-electron chi connectivity index (χ4n) is 2.91. The summed E-state index contributed by atoms with van der Waals surface area (Å²) < 4.78 is 16.9. The Morgan fingerprint density at radius 3 is 2.62 bits per heavy atom. The number of carbonyl (C=O) groups excluding carboxylic acids is 1. The van der Waals surface area contributed by atoms with Crippen LogP contribution in [0.1, 0.15) is 12.5 Å². The fraction of sp³-hybridized carbons (Fsp3) is 0.278. The molecule has 0 radical (unpaired) electrons. The normalized spacial score (nSPS) is 19.3. The predicted octanol–water partition coefficient (Wildman–Crippen LogP) is 3.43. The van der Waals surface area contributed by atoms with Crippen LogP contribution in [0.3, 0.4) is 0 Å². The Morgan fingerprint density at radius 2 is 1.79 bits per heavy atom. The van der Waals surface area contributed by atoms with E-state index in [1.54, 1.807) is 24.0 Å². The summed E-state index contributed by atoms with van der Waals surface area (Å²) >= 11 is 6.10. The zero-order valence-electron chi connectivity index (χ0n) is 13.1. The highest BCUT2D eigenvalue weighted by molar-refractivity contribution is 6.30. The minimum absolute atomic E-state index is 0.112. The van der Waals surface area contributed by atoms with E-state index < -0.39 is 6.10 Å². The van der Waals surface area contributed by atoms with Gasteiger partial charge in [-0.1, -0.05) is 11.6 Å². The van der Waals surface area contributed by atoms with Crippen molar-refractivity contribution in [3.63, 3.8) is 0 Å². The van der Waals surface area contributed by atoms with E-state index in [0.717, 1.165) is 11.3 Å². The summed E-state index contributed by atoms with van der Waals surface area (Å²) in [6.45, 7) is 3.17. The van der Waals surface area contributed by atoms with Gasteiger partial charge in [0.15, 0.2) is 17.6 Å². The number of anilines is 1. The number of fused-ring (bicyclic) bond motifs is 2. The van der Waals surface area contributed by atoms with Crippen molar-refractivity contribution < 1.29 is 19.0 Å². The van der Waals surface area contributed by atoms with Crippen molar-refractivity contribution in [2.45, 2.75) is 19.6 Å². The van der Waals surface area contributed by atoms with E-state index >= 15 is 0 Å². The van der Waals surface area contributed by atoms with Crippen LogP contribution in [0.5, 0.6) is 17.2 Å². The SMILES string of the molecule is C[C@H]1Oc2ccc(Cl)cc2CN(c2ccc3c(c2)OCCO3)C1=O. The topological polar surface area (TPSA) is 48.0 Å². The maximum Gasteiger partial charge on any atom is 0.268 e. The quantitative estimate of drug-likeness (QED) is 0.794. The summed E-state index contributed by atoms with van der Waals surface area (Å²) in [5.41, 5.74) is 1.61. The molecule has 1 amide bonds. The molecule has 2 aliphatic heterocycles. The molecule has 124 valence electrons. The summed E-state index contributed by atoms with van der Waals surface area (Å²) in [5.74, 6) is 1.91. The highest BCUT2D eigenvalue weighted by Crippen LogP contribution is 2.36. The van der Waals surface area contributed by atoms with Crippen LogP contribution in [0.2, 0.25) is 5.02 Å². The van der Waals surface area contributed by atoms with E-state index in [1.807, 2.05) is 24.3 Å².